The number of carbonyl (C=O) groups is 3. The maximum Gasteiger partial charge on any atom is 0.303 e. The Hall–Kier alpha value is -1.85. The van der Waals surface area contributed by atoms with Crippen LogP contribution in [0.25, 0.3) is 0 Å². The second-order valence-corrected chi connectivity index (χ2v) is 3.71. The largest absolute Gasteiger partial charge is 0.464 e. The summed E-state index contributed by atoms with van der Waals surface area (Å²) in [4.78, 5) is 32.8. The third-order valence-corrected chi connectivity index (χ3v) is 1.94. The molecule has 2 atom stereocenters. The summed E-state index contributed by atoms with van der Waals surface area (Å²) in [5.74, 6) is -1.24. The van der Waals surface area contributed by atoms with Crippen LogP contribution in [-0.2, 0) is 23.9 Å². The van der Waals surface area contributed by atoms with Crippen LogP contribution in [0.3, 0.4) is 0 Å². The number of nitrogens with one attached hydrogen (secondary N) is 1. The van der Waals surface area contributed by atoms with Gasteiger partial charge >= 0.3 is 11.9 Å². The van der Waals surface area contributed by atoms with Gasteiger partial charge in [0.1, 0.15) is 18.8 Å². The summed E-state index contributed by atoms with van der Waals surface area (Å²) in [5.41, 5.74) is 0. The second kappa shape index (κ2) is 8.27. The zero-order valence-electron chi connectivity index (χ0n) is 11.1. The van der Waals surface area contributed by atoms with E-state index in [9.17, 15) is 14.4 Å². The van der Waals surface area contributed by atoms with Gasteiger partial charge in [0.15, 0.2) is 0 Å². The minimum Gasteiger partial charge on any atom is -0.464 e. The van der Waals surface area contributed by atoms with Gasteiger partial charge in [-0.15, -0.1) is 0 Å². The van der Waals surface area contributed by atoms with Crippen LogP contribution >= 0.6 is 0 Å². The average Bonchev–Trinajstić information content (AvgIpc) is 2.22. The van der Waals surface area contributed by atoms with Crippen LogP contribution in [0, 0.1) is 0 Å². The number of rotatable bonds is 6. The molecule has 0 bridgehead atoms. The van der Waals surface area contributed by atoms with Crippen molar-refractivity contribution in [1.82, 2.24) is 5.32 Å². The van der Waals surface area contributed by atoms with Crippen LogP contribution in [-0.4, -0.2) is 36.6 Å². The van der Waals surface area contributed by atoms with E-state index in [1.54, 1.807) is 19.1 Å². The number of esters is 2. The molecule has 0 aromatic heterocycles. The predicted octanol–water partition coefficient (Wildman–Crippen LogP) is 0.562. The molecule has 0 saturated heterocycles. The summed E-state index contributed by atoms with van der Waals surface area (Å²) in [6, 6.07) is -0.605. The summed E-state index contributed by atoms with van der Waals surface area (Å²) in [6.07, 6.45) is 2.64. The standard InChI is InChI=1S/C12H19NO5/c1-5-6-12(18-10(4)16)11(13-8(2)14)7-17-9(3)15/h5-6,11-12H,7H2,1-4H3,(H,13,14). The first-order valence-corrected chi connectivity index (χ1v) is 5.57. The van der Waals surface area contributed by atoms with E-state index >= 15 is 0 Å². The van der Waals surface area contributed by atoms with Gasteiger partial charge < -0.3 is 14.8 Å². The highest BCUT2D eigenvalue weighted by Crippen LogP contribution is 2.04. The van der Waals surface area contributed by atoms with Gasteiger partial charge in [0.2, 0.25) is 5.91 Å². The van der Waals surface area contributed by atoms with Crippen molar-refractivity contribution in [3.8, 4) is 0 Å². The molecule has 0 aromatic carbocycles. The molecular formula is C12H19NO5. The smallest absolute Gasteiger partial charge is 0.303 e. The van der Waals surface area contributed by atoms with E-state index in [0.717, 1.165) is 0 Å². The Balaban J connectivity index is 4.77. The van der Waals surface area contributed by atoms with Crippen molar-refractivity contribution < 1.29 is 23.9 Å². The fraction of sp³-hybridized carbons (Fsp3) is 0.583. The molecule has 0 heterocycles. The van der Waals surface area contributed by atoms with Crippen molar-refractivity contribution in [2.45, 2.75) is 39.8 Å². The fourth-order valence-corrected chi connectivity index (χ4v) is 1.32. The van der Waals surface area contributed by atoms with E-state index in [4.69, 9.17) is 9.47 Å². The minimum atomic E-state index is -0.671. The quantitative estimate of drug-likeness (QED) is 0.555. The van der Waals surface area contributed by atoms with Crippen LogP contribution in [0.15, 0.2) is 12.2 Å². The Bertz CT molecular complexity index is 337. The van der Waals surface area contributed by atoms with Gasteiger partial charge in [0.05, 0.1) is 0 Å². The highest BCUT2D eigenvalue weighted by atomic mass is 16.6. The molecule has 0 aromatic rings. The lowest BCUT2D eigenvalue weighted by Crippen LogP contribution is -2.46. The maximum absolute atomic E-state index is 11.1. The molecule has 1 amide bonds. The van der Waals surface area contributed by atoms with Crippen molar-refractivity contribution >= 4 is 17.8 Å². The number of hydrogen-bond acceptors (Lipinski definition) is 5. The molecule has 2 unspecified atom stereocenters. The Kier molecular flexibility index (Phi) is 7.42. The highest BCUT2D eigenvalue weighted by molar-refractivity contribution is 5.73. The SMILES string of the molecule is CC=CC(OC(C)=O)C(COC(C)=O)NC(C)=O. The van der Waals surface area contributed by atoms with Gasteiger partial charge in [0, 0.05) is 20.8 Å². The summed E-state index contributed by atoms with van der Waals surface area (Å²) in [6.45, 7) is 5.57. The van der Waals surface area contributed by atoms with E-state index in [2.05, 4.69) is 5.32 Å². The van der Waals surface area contributed by atoms with Gasteiger partial charge in [-0.05, 0) is 13.0 Å². The van der Waals surface area contributed by atoms with Crippen LogP contribution in [0.5, 0.6) is 0 Å². The molecule has 0 radical (unpaired) electrons. The lowest BCUT2D eigenvalue weighted by molar-refractivity contribution is -0.149. The first-order valence-electron chi connectivity index (χ1n) is 5.57. The number of ether oxygens (including phenoxy) is 2. The zero-order chi connectivity index (χ0) is 14.1. The average molecular weight is 257 g/mol. The number of amides is 1. The first kappa shape index (κ1) is 16.1. The van der Waals surface area contributed by atoms with Gasteiger partial charge in [-0.3, -0.25) is 14.4 Å². The molecule has 0 rings (SSSR count). The number of allylic oxidation sites excluding steroid dienone is 1. The van der Waals surface area contributed by atoms with E-state index in [-0.39, 0.29) is 12.5 Å². The van der Waals surface area contributed by atoms with Crippen molar-refractivity contribution in [3.63, 3.8) is 0 Å². The normalized spacial score (nSPS) is 13.8. The van der Waals surface area contributed by atoms with E-state index in [1.165, 1.54) is 20.8 Å². The third kappa shape index (κ3) is 7.43. The molecule has 102 valence electrons. The summed E-state index contributed by atoms with van der Waals surface area (Å²) >= 11 is 0. The topological polar surface area (TPSA) is 81.7 Å². The van der Waals surface area contributed by atoms with E-state index in [0.29, 0.717) is 0 Å². The van der Waals surface area contributed by atoms with Crippen molar-refractivity contribution in [2.75, 3.05) is 6.61 Å². The summed E-state index contributed by atoms with van der Waals surface area (Å²) in [5, 5.41) is 2.58. The molecule has 0 aliphatic carbocycles. The van der Waals surface area contributed by atoms with E-state index < -0.39 is 24.1 Å². The molecule has 0 aliphatic rings. The fourth-order valence-electron chi connectivity index (χ4n) is 1.32. The van der Waals surface area contributed by atoms with Crippen LogP contribution in [0.2, 0.25) is 0 Å². The molecule has 1 N–H and O–H groups in total. The van der Waals surface area contributed by atoms with Gasteiger partial charge in [-0.1, -0.05) is 6.08 Å². The number of hydrogen-bond donors (Lipinski definition) is 1. The van der Waals surface area contributed by atoms with Crippen LogP contribution in [0.1, 0.15) is 27.7 Å². The second-order valence-electron chi connectivity index (χ2n) is 3.71. The minimum absolute atomic E-state index is 0.0583. The molecular weight excluding hydrogens is 238 g/mol. The van der Waals surface area contributed by atoms with E-state index in [1.807, 2.05) is 0 Å². The third-order valence-electron chi connectivity index (χ3n) is 1.94. The Morgan fingerprint density at radius 1 is 1.17 bits per heavy atom. The lowest BCUT2D eigenvalue weighted by atomic mass is 10.1. The van der Waals surface area contributed by atoms with Gasteiger partial charge in [0.25, 0.3) is 0 Å². The summed E-state index contributed by atoms with van der Waals surface area (Å²) < 4.78 is 9.89. The predicted molar refractivity (Wildman–Crippen MR) is 64.6 cm³/mol. The Morgan fingerprint density at radius 2 is 1.78 bits per heavy atom. The molecule has 18 heavy (non-hydrogen) atoms. The van der Waals surface area contributed by atoms with Gasteiger partial charge in [-0.2, -0.15) is 0 Å². The van der Waals surface area contributed by atoms with Crippen molar-refractivity contribution in [3.05, 3.63) is 12.2 Å². The molecule has 0 saturated carbocycles. The van der Waals surface area contributed by atoms with Gasteiger partial charge in [-0.25, -0.2) is 0 Å². The molecule has 0 aliphatic heterocycles. The maximum atomic E-state index is 11.1. The van der Waals surface area contributed by atoms with Crippen molar-refractivity contribution in [1.29, 1.82) is 0 Å². The molecule has 0 fully saturated rings. The Labute approximate surface area is 106 Å². The van der Waals surface area contributed by atoms with Crippen LogP contribution in [0.4, 0.5) is 0 Å². The molecule has 6 nitrogen and oxygen atoms in total. The van der Waals surface area contributed by atoms with Crippen molar-refractivity contribution in [2.24, 2.45) is 0 Å². The first-order chi connectivity index (χ1) is 8.36. The monoisotopic (exact) mass is 257 g/mol. The lowest BCUT2D eigenvalue weighted by Gasteiger charge is -2.24. The molecule has 6 heteroatoms. The number of carbonyl (C=O) groups excluding carboxylic acids is 3. The zero-order valence-corrected chi connectivity index (χ0v) is 11.1. The molecule has 0 spiro atoms. The summed E-state index contributed by atoms with van der Waals surface area (Å²) in [7, 11) is 0. The van der Waals surface area contributed by atoms with Crippen LogP contribution < -0.4 is 5.32 Å². The Morgan fingerprint density at radius 3 is 2.17 bits per heavy atom. The highest BCUT2D eigenvalue weighted by Gasteiger charge is 2.23.